The lowest BCUT2D eigenvalue weighted by atomic mass is 10.2. The molecule has 39 heavy (non-hydrogen) atoms. The summed E-state index contributed by atoms with van der Waals surface area (Å²) in [5.74, 6) is 1.47. The number of para-hydroxylation sites is 2. The smallest absolute Gasteiger partial charge is 0.282 e. The zero-order valence-electron chi connectivity index (χ0n) is 20.1. The number of hydrogen-bond acceptors (Lipinski definition) is 5. The van der Waals surface area contributed by atoms with Gasteiger partial charge in [-0.3, -0.25) is 4.79 Å². The molecule has 192 valence electrons. The third-order valence-corrected chi connectivity index (χ3v) is 7.93. The highest BCUT2D eigenvalue weighted by Crippen LogP contribution is 2.29. The second-order valence-corrected chi connectivity index (χ2v) is 11.3. The molecular weight excluding hydrogens is 690 g/mol. The Hall–Kier alpha value is -3.53. The minimum Gasteiger partial charge on any atom is -0.488 e. The van der Waals surface area contributed by atoms with Crippen LogP contribution in [0, 0.1) is 0 Å². The van der Waals surface area contributed by atoms with Gasteiger partial charge in [-0.05, 0) is 76.1 Å². The maximum absolute atomic E-state index is 13.5. The van der Waals surface area contributed by atoms with Gasteiger partial charge in [0.05, 0.1) is 21.6 Å². The molecule has 0 saturated heterocycles. The van der Waals surface area contributed by atoms with Crippen LogP contribution in [-0.2, 0) is 6.61 Å². The molecule has 0 aliphatic heterocycles. The van der Waals surface area contributed by atoms with Crippen molar-refractivity contribution in [3.05, 3.63) is 126 Å². The van der Waals surface area contributed by atoms with Gasteiger partial charge in [0.15, 0.2) is 5.76 Å². The van der Waals surface area contributed by atoms with Gasteiger partial charge in [0.25, 0.3) is 5.56 Å². The molecule has 0 unspecified atom stereocenters. The Morgan fingerprint density at radius 3 is 2.54 bits per heavy atom. The van der Waals surface area contributed by atoms with Crippen molar-refractivity contribution in [2.24, 2.45) is 5.10 Å². The maximum Gasteiger partial charge on any atom is 0.282 e. The predicted octanol–water partition coefficient (Wildman–Crippen LogP) is 8.56. The summed E-state index contributed by atoms with van der Waals surface area (Å²) >= 11 is 10.6. The molecule has 2 heterocycles. The van der Waals surface area contributed by atoms with Gasteiger partial charge in [-0.1, -0.05) is 68.3 Å². The summed E-state index contributed by atoms with van der Waals surface area (Å²) in [6.45, 7) is 0.402. The van der Waals surface area contributed by atoms with Crippen molar-refractivity contribution >= 4 is 75.9 Å². The van der Waals surface area contributed by atoms with Gasteiger partial charge in [-0.2, -0.15) is 9.78 Å². The van der Waals surface area contributed by atoms with E-state index in [-0.39, 0.29) is 5.56 Å². The monoisotopic (exact) mass is 705 g/mol. The molecule has 6 nitrogen and oxygen atoms in total. The SMILES string of the molecule is O=c1c2ccccc2nc(-c2cc3ccccc3o2)n1N=Cc1ccc(OCc2ccc(Br)cc2Br)c(Br)c1. The number of fused-ring (bicyclic) bond motifs is 2. The van der Waals surface area contributed by atoms with E-state index in [1.807, 2.05) is 78.9 Å². The first-order valence-corrected chi connectivity index (χ1v) is 14.3. The van der Waals surface area contributed by atoms with Crippen LogP contribution < -0.4 is 10.3 Å². The molecule has 6 aromatic rings. The first-order chi connectivity index (χ1) is 19.0. The molecule has 0 radical (unpaired) electrons. The fourth-order valence-electron chi connectivity index (χ4n) is 4.12. The quantitative estimate of drug-likeness (QED) is 0.163. The maximum atomic E-state index is 13.5. The molecule has 0 N–H and O–H groups in total. The Labute approximate surface area is 248 Å². The average molecular weight is 708 g/mol. The van der Waals surface area contributed by atoms with Gasteiger partial charge < -0.3 is 9.15 Å². The van der Waals surface area contributed by atoms with Crippen molar-refractivity contribution in [2.75, 3.05) is 0 Å². The number of rotatable bonds is 6. The Bertz CT molecular complexity index is 1910. The van der Waals surface area contributed by atoms with E-state index in [4.69, 9.17) is 14.1 Å². The molecule has 0 aliphatic carbocycles. The highest BCUT2D eigenvalue weighted by molar-refractivity contribution is 9.11. The third-order valence-electron chi connectivity index (χ3n) is 6.08. The fourth-order valence-corrected chi connectivity index (χ4v) is 5.79. The van der Waals surface area contributed by atoms with E-state index in [0.717, 1.165) is 29.9 Å². The van der Waals surface area contributed by atoms with Gasteiger partial charge in [-0.15, -0.1) is 0 Å². The second kappa shape index (κ2) is 10.9. The molecule has 0 amide bonds. The van der Waals surface area contributed by atoms with E-state index in [2.05, 4.69) is 52.9 Å². The predicted molar refractivity (Wildman–Crippen MR) is 165 cm³/mol. The Morgan fingerprint density at radius 2 is 1.72 bits per heavy atom. The van der Waals surface area contributed by atoms with E-state index < -0.39 is 0 Å². The summed E-state index contributed by atoms with van der Waals surface area (Å²) in [6, 6.07) is 28.3. The first kappa shape index (κ1) is 25.7. The molecule has 0 atom stereocenters. The topological polar surface area (TPSA) is 69.6 Å². The fraction of sp³-hybridized carbons (Fsp3) is 0.0333. The Kier molecular flexibility index (Phi) is 7.20. The zero-order valence-corrected chi connectivity index (χ0v) is 24.9. The van der Waals surface area contributed by atoms with Gasteiger partial charge in [0.2, 0.25) is 5.82 Å². The van der Waals surface area contributed by atoms with Gasteiger partial charge in [0, 0.05) is 19.9 Å². The highest BCUT2D eigenvalue weighted by Gasteiger charge is 2.16. The van der Waals surface area contributed by atoms with E-state index in [1.54, 1.807) is 18.3 Å². The molecule has 2 aromatic heterocycles. The molecule has 0 aliphatic rings. The van der Waals surface area contributed by atoms with Gasteiger partial charge in [-0.25, -0.2) is 4.98 Å². The number of aromatic nitrogens is 2. The normalized spacial score (nSPS) is 11.6. The second-order valence-electron chi connectivity index (χ2n) is 8.68. The summed E-state index contributed by atoms with van der Waals surface area (Å²) in [7, 11) is 0. The minimum atomic E-state index is -0.286. The van der Waals surface area contributed by atoms with E-state index in [0.29, 0.717) is 40.4 Å². The number of ether oxygens (including phenoxy) is 1. The molecule has 0 fully saturated rings. The molecular formula is C30H18Br3N3O3. The Morgan fingerprint density at radius 1 is 0.897 bits per heavy atom. The Balaban J connectivity index is 1.34. The standard InChI is InChI=1S/C30H18Br3N3O3/c31-21-11-10-20(23(32)15-21)17-38-27-12-9-18(13-24(27)33)16-34-36-29(28-14-19-5-1-4-8-26(19)39-28)35-25-7-3-2-6-22(25)30(36)37/h1-16H,17H2. The van der Waals surface area contributed by atoms with Crippen molar-refractivity contribution in [3.63, 3.8) is 0 Å². The number of furan rings is 1. The van der Waals surface area contributed by atoms with Crippen LogP contribution in [-0.4, -0.2) is 15.9 Å². The van der Waals surface area contributed by atoms with Crippen LogP contribution in [0.4, 0.5) is 0 Å². The zero-order chi connectivity index (χ0) is 26.9. The van der Waals surface area contributed by atoms with Crippen LogP contribution in [0.15, 0.2) is 119 Å². The number of benzene rings is 4. The van der Waals surface area contributed by atoms with Crippen LogP contribution in [0.5, 0.6) is 5.75 Å². The van der Waals surface area contributed by atoms with Crippen LogP contribution in [0.2, 0.25) is 0 Å². The first-order valence-electron chi connectivity index (χ1n) is 11.9. The van der Waals surface area contributed by atoms with Crippen molar-refractivity contribution in [1.29, 1.82) is 0 Å². The average Bonchev–Trinajstić information content (AvgIpc) is 3.37. The molecule has 6 rings (SSSR count). The minimum absolute atomic E-state index is 0.286. The van der Waals surface area contributed by atoms with Crippen LogP contribution in [0.3, 0.4) is 0 Å². The van der Waals surface area contributed by atoms with Crippen molar-refractivity contribution in [1.82, 2.24) is 9.66 Å². The summed E-state index contributed by atoms with van der Waals surface area (Å²) < 4.78 is 16.1. The lowest BCUT2D eigenvalue weighted by Crippen LogP contribution is -2.20. The summed E-state index contributed by atoms with van der Waals surface area (Å²) in [5.41, 5.74) is 2.80. The van der Waals surface area contributed by atoms with Crippen LogP contribution in [0.25, 0.3) is 33.5 Å². The van der Waals surface area contributed by atoms with Crippen LogP contribution >= 0.6 is 47.8 Å². The molecule has 0 bridgehead atoms. The van der Waals surface area contributed by atoms with E-state index in [9.17, 15) is 4.79 Å². The van der Waals surface area contributed by atoms with Crippen LogP contribution in [0.1, 0.15) is 11.1 Å². The summed E-state index contributed by atoms with van der Waals surface area (Å²) in [5, 5.41) is 5.93. The molecule has 0 saturated carbocycles. The van der Waals surface area contributed by atoms with Crippen molar-refractivity contribution in [3.8, 4) is 17.3 Å². The lowest BCUT2D eigenvalue weighted by molar-refractivity contribution is 0.303. The molecule has 0 spiro atoms. The van der Waals surface area contributed by atoms with E-state index in [1.165, 1.54) is 4.68 Å². The van der Waals surface area contributed by atoms with E-state index >= 15 is 0 Å². The number of halogens is 3. The number of hydrogen-bond donors (Lipinski definition) is 0. The highest BCUT2D eigenvalue weighted by atomic mass is 79.9. The number of nitrogens with zero attached hydrogens (tertiary/aromatic N) is 3. The van der Waals surface area contributed by atoms with Gasteiger partial charge >= 0.3 is 0 Å². The van der Waals surface area contributed by atoms with Crippen molar-refractivity contribution < 1.29 is 9.15 Å². The summed E-state index contributed by atoms with van der Waals surface area (Å²) in [6.07, 6.45) is 1.61. The third kappa shape index (κ3) is 5.34. The largest absolute Gasteiger partial charge is 0.488 e. The molecule has 9 heteroatoms. The molecule has 4 aromatic carbocycles. The van der Waals surface area contributed by atoms with Crippen molar-refractivity contribution in [2.45, 2.75) is 6.61 Å². The summed E-state index contributed by atoms with van der Waals surface area (Å²) in [4.78, 5) is 18.2. The van der Waals surface area contributed by atoms with Gasteiger partial charge in [0.1, 0.15) is 17.9 Å². The lowest BCUT2D eigenvalue weighted by Gasteiger charge is -2.10.